The van der Waals surface area contributed by atoms with Crippen molar-refractivity contribution in [3.8, 4) is 6.07 Å². The van der Waals surface area contributed by atoms with Crippen LogP contribution in [0, 0.1) is 18.3 Å². The molecule has 0 radical (unpaired) electrons. The van der Waals surface area contributed by atoms with E-state index >= 15 is 0 Å². The van der Waals surface area contributed by atoms with Crippen molar-refractivity contribution in [1.29, 1.82) is 5.26 Å². The molecule has 108 valence electrons. The van der Waals surface area contributed by atoms with Crippen molar-refractivity contribution in [2.24, 2.45) is 0 Å². The van der Waals surface area contributed by atoms with Crippen LogP contribution in [0.15, 0.2) is 42.7 Å². The van der Waals surface area contributed by atoms with E-state index in [0.717, 1.165) is 16.5 Å². The van der Waals surface area contributed by atoms with Crippen molar-refractivity contribution in [2.75, 3.05) is 0 Å². The van der Waals surface area contributed by atoms with E-state index in [9.17, 15) is 4.79 Å². The molecular weight excluding hydrogens is 278 g/mol. The van der Waals surface area contributed by atoms with Crippen LogP contribution >= 0.6 is 0 Å². The van der Waals surface area contributed by atoms with Crippen molar-refractivity contribution in [3.63, 3.8) is 0 Å². The van der Waals surface area contributed by atoms with Gasteiger partial charge in [-0.1, -0.05) is 12.1 Å². The largest absolute Gasteiger partial charge is 0.457 e. The average Bonchev–Trinajstić information content (AvgIpc) is 3.02. The molecule has 0 aliphatic carbocycles. The summed E-state index contributed by atoms with van der Waals surface area (Å²) in [5.74, 6) is -0.411. The highest BCUT2D eigenvalue weighted by molar-refractivity contribution is 6.02. The fourth-order valence-corrected chi connectivity index (χ4v) is 2.24. The van der Waals surface area contributed by atoms with E-state index in [1.54, 1.807) is 30.6 Å². The second kappa shape index (κ2) is 5.70. The smallest absolute Gasteiger partial charge is 0.339 e. The van der Waals surface area contributed by atoms with E-state index in [-0.39, 0.29) is 6.61 Å². The molecule has 3 aromatic rings. The molecule has 0 atom stereocenters. The Morgan fingerprint density at radius 1 is 1.36 bits per heavy atom. The summed E-state index contributed by atoms with van der Waals surface area (Å²) in [5, 5.41) is 9.76. The lowest BCUT2D eigenvalue weighted by molar-refractivity contribution is 0.0475. The summed E-state index contributed by atoms with van der Waals surface area (Å²) in [6.45, 7) is 2.00. The van der Waals surface area contributed by atoms with Crippen LogP contribution < -0.4 is 0 Å². The number of hydrogen-bond acceptors (Lipinski definition) is 4. The van der Waals surface area contributed by atoms with Crippen LogP contribution in [0.5, 0.6) is 0 Å². The number of hydrogen-bond donors (Lipinski definition) is 1. The van der Waals surface area contributed by atoms with Gasteiger partial charge in [0.15, 0.2) is 0 Å². The van der Waals surface area contributed by atoms with E-state index in [2.05, 4.69) is 16.0 Å². The summed E-state index contributed by atoms with van der Waals surface area (Å²) in [4.78, 5) is 19.3. The minimum Gasteiger partial charge on any atom is -0.457 e. The zero-order chi connectivity index (χ0) is 15.5. The Morgan fingerprint density at radius 3 is 3.05 bits per heavy atom. The molecule has 0 aliphatic heterocycles. The highest BCUT2D eigenvalue weighted by atomic mass is 16.5. The number of esters is 1. The van der Waals surface area contributed by atoms with Crippen molar-refractivity contribution >= 4 is 17.0 Å². The van der Waals surface area contributed by atoms with E-state index in [1.807, 2.05) is 19.1 Å². The third kappa shape index (κ3) is 2.54. The Balaban J connectivity index is 1.78. The van der Waals surface area contributed by atoms with Gasteiger partial charge in [0.2, 0.25) is 0 Å². The second-order valence-electron chi connectivity index (χ2n) is 4.94. The van der Waals surface area contributed by atoms with Crippen LogP contribution in [-0.2, 0) is 11.3 Å². The number of nitriles is 1. The molecule has 0 amide bonds. The lowest BCUT2D eigenvalue weighted by Gasteiger charge is -2.07. The molecule has 0 aliphatic rings. The normalized spacial score (nSPS) is 10.4. The van der Waals surface area contributed by atoms with Crippen LogP contribution in [0.4, 0.5) is 0 Å². The summed E-state index contributed by atoms with van der Waals surface area (Å²) in [6, 6.07) is 11.0. The second-order valence-corrected chi connectivity index (χ2v) is 4.94. The predicted octanol–water partition coefficient (Wildman–Crippen LogP) is 3.10. The topological polar surface area (TPSA) is 78.8 Å². The van der Waals surface area contributed by atoms with Gasteiger partial charge in [0.05, 0.1) is 17.2 Å². The lowest BCUT2D eigenvalue weighted by Crippen LogP contribution is -2.06. The molecule has 0 unspecified atom stereocenters. The number of carbonyl (C=O) groups excluding carboxylic acids is 1. The maximum absolute atomic E-state index is 12.2. The predicted molar refractivity (Wildman–Crippen MR) is 81.1 cm³/mol. The molecule has 5 heteroatoms. The summed E-state index contributed by atoms with van der Waals surface area (Å²) in [6.07, 6.45) is 3.29. The molecule has 2 aromatic heterocycles. The number of fused-ring (bicyclic) bond motifs is 1. The van der Waals surface area contributed by atoms with Gasteiger partial charge in [0.1, 0.15) is 12.3 Å². The third-order valence-corrected chi connectivity index (χ3v) is 3.47. The van der Waals surface area contributed by atoms with Crippen LogP contribution in [0.25, 0.3) is 11.0 Å². The molecule has 22 heavy (non-hydrogen) atoms. The first kappa shape index (κ1) is 13.8. The summed E-state index contributed by atoms with van der Waals surface area (Å²) < 4.78 is 5.34. The molecule has 0 fully saturated rings. The minimum absolute atomic E-state index is 0.127. The SMILES string of the molecule is Cc1ccc(COC(=O)c2ccnc3[nH]ccc23)cc1C#N. The average molecular weight is 291 g/mol. The summed E-state index contributed by atoms with van der Waals surface area (Å²) in [7, 11) is 0. The Labute approximate surface area is 127 Å². The number of ether oxygens (including phenoxy) is 1. The maximum Gasteiger partial charge on any atom is 0.339 e. The first-order valence-electron chi connectivity index (χ1n) is 6.78. The number of carbonyl (C=O) groups is 1. The quantitative estimate of drug-likeness (QED) is 0.752. The monoisotopic (exact) mass is 291 g/mol. The van der Waals surface area contributed by atoms with Crippen LogP contribution in [-0.4, -0.2) is 15.9 Å². The molecule has 0 saturated carbocycles. The van der Waals surface area contributed by atoms with E-state index < -0.39 is 5.97 Å². The molecule has 0 bridgehead atoms. The van der Waals surface area contributed by atoms with Crippen molar-refractivity contribution in [1.82, 2.24) is 9.97 Å². The molecule has 5 nitrogen and oxygen atoms in total. The number of nitrogens with one attached hydrogen (secondary N) is 1. The number of aromatic nitrogens is 2. The molecule has 0 spiro atoms. The zero-order valence-electron chi connectivity index (χ0n) is 12.0. The molecule has 1 N–H and O–H groups in total. The molecular formula is C17H13N3O2. The summed E-state index contributed by atoms with van der Waals surface area (Å²) >= 11 is 0. The van der Waals surface area contributed by atoms with Crippen molar-refractivity contribution in [2.45, 2.75) is 13.5 Å². The van der Waals surface area contributed by atoms with E-state index in [1.165, 1.54) is 0 Å². The highest BCUT2D eigenvalue weighted by Crippen LogP contribution is 2.17. The molecule has 0 saturated heterocycles. The van der Waals surface area contributed by atoms with Gasteiger partial charge in [-0.05, 0) is 36.2 Å². The van der Waals surface area contributed by atoms with Gasteiger partial charge in [-0.3, -0.25) is 0 Å². The zero-order valence-corrected chi connectivity index (χ0v) is 12.0. The van der Waals surface area contributed by atoms with Gasteiger partial charge >= 0.3 is 5.97 Å². The molecule has 2 heterocycles. The Bertz CT molecular complexity index is 890. The molecule has 3 rings (SSSR count). The third-order valence-electron chi connectivity index (χ3n) is 3.47. The van der Waals surface area contributed by atoms with Crippen LogP contribution in [0.3, 0.4) is 0 Å². The van der Waals surface area contributed by atoms with Crippen LogP contribution in [0.2, 0.25) is 0 Å². The summed E-state index contributed by atoms with van der Waals surface area (Å²) in [5.41, 5.74) is 3.40. The van der Waals surface area contributed by atoms with Gasteiger partial charge in [0, 0.05) is 17.8 Å². The van der Waals surface area contributed by atoms with Gasteiger partial charge in [-0.2, -0.15) is 5.26 Å². The van der Waals surface area contributed by atoms with Crippen molar-refractivity contribution < 1.29 is 9.53 Å². The number of H-pyrrole nitrogens is 1. The lowest BCUT2D eigenvalue weighted by atomic mass is 10.1. The standard InChI is InChI=1S/C17H13N3O2/c1-11-2-3-12(8-13(11)9-18)10-22-17(21)15-5-7-20-16-14(15)4-6-19-16/h2-8H,10H2,1H3,(H,19,20). The minimum atomic E-state index is -0.411. The van der Waals surface area contributed by atoms with Gasteiger partial charge in [-0.15, -0.1) is 0 Å². The van der Waals surface area contributed by atoms with Gasteiger partial charge in [-0.25, -0.2) is 9.78 Å². The van der Waals surface area contributed by atoms with E-state index in [4.69, 9.17) is 10.00 Å². The molecule has 1 aromatic carbocycles. The Kier molecular flexibility index (Phi) is 3.58. The number of aryl methyl sites for hydroxylation is 1. The number of nitrogens with zero attached hydrogens (tertiary/aromatic N) is 2. The maximum atomic E-state index is 12.2. The Hall–Kier alpha value is -3.13. The van der Waals surface area contributed by atoms with E-state index in [0.29, 0.717) is 16.8 Å². The Morgan fingerprint density at radius 2 is 2.23 bits per heavy atom. The first-order chi connectivity index (χ1) is 10.7. The van der Waals surface area contributed by atoms with Crippen LogP contribution in [0.1, 0.15) is 27.0 Å². The number of rotatable bonds is 3. The van der Waals surface area contributed by atoms with Gasteiger partial charge < -0.3 is 9.72 Å². The number of benzene rings is 1. The fraction of sp³-hybridized carbons (Fsp3) is 0.118. The van der Waals surface area contributed by atoms with Gasteiger partial charge in [0.25, 0.3) is 0 Å². The highest BCUT2D eigenvalue weighted by Gasteiger charge is 2.13. The number of pyridine rings is 1. The number of aromatic amines is 1. The fourth-order valence-electron chi connectivity index (χ4n) is 2.24. The first-order valence-corrected chi connectivity index (χ1v) is 6.78. The van der Waals surface area contributed by atoms with Crippen molar-refractivity contribution in [3.05, 3.63) is 65.0 Å².